The highest BCUT2D eigenvalue weighted by Gasteiger charge is 2.32. The summed E-state index contributed by atoms with van der Waals surface area (Å²) in [4.78, 5) is 30.1. The number of carbonyl (C=O) groups excluding carboxylic acids is 2. The van der Waals surface area contributed by atoms with Crippen molar-refractivity contribution in [3.8, 4) is 11.1 Å². The quantitative estimate of drug-likeness (QED) is 0.913. The molecule has 7 heteroatoms. The number of hydrogen-bond donors (Lipinski definition) is 1. The lowest BCUT2D eigenvalue weighted by Gasteiger charge is -2.17. The van der Waals surface area contributed by atoms with Gasteiger partial charge in [0.25, 0.3) is 0 Å². The van der Waals surface area contributed by atoms with E-state index in [1.807, 2.05) is 0 Å². The van der Waals surface area contributed by atoms with Crippen LogP contribution in [0.1, 0.15) is 18.5 Å². The Morgan fingerprint density at radius 3 is 2.84 bits per heavy atom. The van der Waals surface area contributed by atoms with Gasteiger partial charge < -0.3 is 10.2 Å². The summed E-state index contributed by atoms with van der Waals surface area (Å²) in [6, 6.07) is 6.45. The Bertz CT molecular complexity index is 883. The van der Waals surface area contributed by atoms with Crippen molar-refractivity contribution in [3.05, 3.63) is 47.0 Å². The van der Waals surface area contributed by atoms with Crippen molar-refractivity contribution in [2.75, 3.05) is 11.4 Å². The lowest BCUT2D eigenvalue weighted by atomic mass is 10.1. The van der Waals surface area contributed by atoms with Crippen LogP contribution in [-0.2, 0) is 16.0 Å². The Balaban J connectivity index is 1.62. The van der Waals surface area contributed by atoms with Crippen LogP contribution < -0.4 is 10.2 Å². The van der Waals surface area contributed by atoms with Gasteiger partial charge in [-0.15, -0.1) is 0 Å². The van der Waals surface area contributed by atoms with Gasteiger partial charge in [0.05, 0.1) is 22.8 Å². The van der Waals surface area contributed by atoms with E-state index < -0.39 is 5.82 Å². The van der Waals surface area contributed by atoms with Crippen LogP contribution in [0, 0.1) is 5.82 Å². The topological polar surface area (TPSA) is 62.3 Å². The van der Waals surface area contributed by atoms with E-state index in [1.54, 1.807) is 18.3 Å². The molecule has 1 N–H and O–H groups in total. The Morgan fingerprint density at radius 1 is 1.32 bits per heavy atom. The zero-order valence-corrected chi connectivity index (χ0v) is 14.0. The van der Waals surface area contributed by atoms with Gasteiger partial charge in [0.2, 0.25) is 11.8 Å². The van der Waals surface area contributed by atoms with Gasteiger partial charge in [-0.05, 0) is 36.6 Å². The van der Waals surface area contributed by atoms with Crippen LogP contribution in [0.5, 0.6) is 0 Å². The third-order valence-electron chi connectivity index (χ3n) is 4.35. The number of benzene rings is 1. The molecule has 0 radical (unpaired) electrons. The predicted octanol–water partition coefficient (Wildman–Crippen LogP) is 2.71. The summed E-state index contributed by atoms with van der Waals surface area (Å²) in [5.74, 6) is -0.810. The van der Waals surface area contributed by atoms with E-state index in [-0.39, 0.29) is 35.8 Å². The van der Waals surface area contributed by atoms with Gasteiger partial charge in [-0.25, -0.2) is 4.39 Å². The maximum absolute atomic E-state index is 13.4. The maximum atomic E-state index is 13.4. The molecule has 25 heavy (non-hydrogen) atoms. The number of nitrogens with zero attached hydrogens (tertiary/aromatic N) is 2. The zero-order chi connectivity index (χ0) is 17.6. The van der Waals surface area contributed by atoms with Gasteiger partial charge in [-0.1, -0.05) is 17.7 Å². The van der Waals surface area contributed by atoms with Crippen LogP contribution in [-0.4, -0.2) is 29.4 Å². The normalized spacial score (nSPS) is 16.1. The number of carbonyl (C=O) groups is 2. The van der Waals surface area contributed by atoms with Crippen LogP contribution in [0.4, 0.5) is 10.1 Å². The number of nitrogens with one attached hydrogen (secondary N) is 1. The molecule has 2 amide bonds. The molecule has 4 rings (SSSR count). The van der Waals surface area contributed by atoms with Crippen molar-refractivity contribution < 1.29 is 14.0 Å². The highest BCUT2D eigenvalue weighted by atomic mass is 35.5. The van der Waals surface area contributed by atoms with E-state index >= 15 is 0 Å². The zero-order valence-electron chi connectivity index (χ0n) is 13.3. The van der Waals surface area contributed by atoms with Crippen LogP contribution >= 0.6 is 11.6 Å². The largest absolute Gasteiger partial charge is 0.352 e. The van der Waals surface area contributed by atoms with Crippen LogP contribution in [0.15, 0.2) is 30.5 Å². The summed E-state index contributed by atoms with van der Waals surface area (Å²) in [6.45, 7) is -0.0162. The van der Waals surface area contributed by atoms with Crippen LogP contribution in [0.3, 0.4) is 0 Å². The molecule has 0 spiro atoms. The molecule has 0 saturated heterocycles. The molecule has 1 fully saturated rings. The fourth-order valence-corrected chi connectivity index (χ4v) is 3.06. The molecule has 1 aliphatic heterocycles. The summed E-state index contributed by atoms with van der Waals surface area (Å²) in [5, 5.41) is 2.90. The van der Waals surface area contributed by atoms with Gasteiger partial charge in [0.1, 0.15) is 12.4 Å². The molecular formula is C18H15ClFN3O2. The molecule has 0 unspecified atom stereocenters. The average molecular weight is 360 g/mol. The van der Waals surface area contributed by atoms with E-state index in [1.165, 1.54) is 17.0 Å². The summed E-state index contributed by atoms with van der Waals surface area (Å²) in [6.07, 6.45) is 3.79. The van der Waals surface area contributed by atoms with Gasteiger partial charge in [-0.2, -0.15) is 0 Å². The van der Waals surface area contributed by atoms with Gasteiger partial charge in [-0.3, -0.25) is 14.6 Å². The number of rotatable bonds is 4. The van der Waals surface area contributed by atoms with E-state index in [2.05, 4.69) is 10.3 Å². The standard InChI is InChI=1S/C18H15ClFN3O2/c19-13-5-10(1-4-14(13)20)11-6-16-15(21-8-11)7-18(25)23(16)9-17(24)22-12-2-3-12/h1,4-6,8,12H,2-3,7,9H2,(H,22,24). The molecule has 2 heterocycles. The molecule has 2 aromatic rings. The number of halogens is 2. The minimum atomic E-state index is -0.493. The molecule has 0 bridgehead atoms. The van der Waals surface area contributed by atoms with Crippen molar-refractivity contribution in [1.82, 2.24) is 10.3 Å². The molecule has 0 atom stereocenters. The van der Waals surface area contributed by atoms with Crippen molar-refractivity contribution in [2.24, 2.45) is 0 Å². The first-order chi connectivity index (χ1) is 12.0. The molecule has 2 aliphatic rings. The van der Waals surface area contributed by atoms with Crippen molar-refractivity contribution in [2.45, 2.75) is 25.3 Å². The Morgan fingerprint density at radius 2 is 2.12 bits per heavy atom. The van der Waals surface area contributed by atoms with Gasteiger partial charge >= 0.3 is 0 Å². The first-order valence-corrected chi connectivity index (χ1v) is 8.43. The predicted molar refractivity (Wildman–Crippen MR) is 91.9 cm³/mol. The Kier molecular flexibility index (Phi) is 3.92. The van der Waals surface area contributed by atoms with E-state index in [9.17, 15) is 14.0 Å². The first kappa shape index (κ1) is 16.0. The summed E-state index contributed by atoms with van der Waals surface area (Å²) in [7, 11) is 0. The molecular weight excluding hydrogens is 345 g/mol. The first-order valence-electron chi connectivity index (χ1n) is 8.05. The monoisotopic (exact) mass is 359 g/mol. The second kappa shape index (κ2) is 6.11. The molecule has 128 valence electrons. The molecule has 5 nitrogen and oxygen atoms in total. The smallest absolute Gasteiger partial charge is 0.240 e. The number of hydrogen-bond acceptors (Lipinski definition) is 3. The number of amides is 2. The fraction of sp³-hybridized carbons (Fsp3) is 0.278. The minimum absolute atomic E-state index is 0.0162. The average Bonchev–Trinajstić information content (AvgIpc) is 3.34. The van der Waals surface area contributed by atoms with Crippen LogP contribution in [0.2, 0.25) is 5.02 Å². The fourth-order valence-electron chi connectivity index (χ4n) is 2.88. The minimum Gasteiger partial charge on any atom is -0.352 e. The van der Waals surface area contributed by atoms with E-state index in [0.717, 1.165) is 12.8 Å². The number of pyridine rings is 1. The van der Waals surface area contributed by atoms with E-state index in [0.29, 0.717) is 22.5 Å². The second-order valence-electron chi connectivity index (χ2n) is 6.32. The van der Waals surface area contributed by atoms with Crippen molar-refractivity contribution >= 4 is 29.1 Å². The summed E-state index contributed by atoms with van der Waals surface area (Å²) < 4.78 is 13.4. The highest BCUT2D eigenvalue weighted by Crippen LogP contribution is 2.33. The van der Waals surface area contributed by atoms with E-state index in [4.69, 9.17) is 11.6 Å². The molecule has 1 aliphatic carbocycles. The highest BCUT2D eigenvalue weighted by molar-refractivity contribution is 6.31. The molecule has 1 saturated carbocycles. The summed E-state index contributed by atoms with van der Waals surface area (Å²) in [5.41, 5.74) is 2.67. The van der Waals surface area contributed by atoms with Crippen molar-refractivity contribution in [1.29, 1.82) is 0 Å². The third kappa shape index (κ3) is 3.22. The number of anilines is 1. The lowest BCUT2D eigenvalue weighted by molar-refractivity contribution is -0.123. The Hall–Kier alpha value is -2.47. The Labute approximate surface area is 148 Å². The maximum Gasteiger partial charge on any atom is 0.240 e. The van der Waals surface area contributed by atoms with Crippen LogP contribution in [0.25, 0.3) is 11.1 Å². The van der Waals surface area contributed by atoms with Crippen molar-refractivity contribution in [3.63, 3.8) is 0 Å². The second-order valence-corrected chi connectivity index (χ2v) is 6.72. The van der Waals surface area contributed by atoms with Gasteiger partial charge in [0.15, 0.2) is 0 Å². The third-order valence-corrected chi connectivity index (χ3v) is 4.64. The SMILES string of the molecule is O=C(CN1C(=O)Cc2ncc(-c3ccc(F)c(Cl)c3)cc21)NC1CC1. The molecule has 1 aromatic heterocycles. The lowest BCUT2D eigenvalue weighted by Crippen LogP contribution is -2.39. The number of fused-ring (bicyclic) bond motifs is 1. The van der Waals surface area contributed by atoms with Gasteiger partial charge in [0, 0.05) is 17.8 Å². The number of aromatic nitrogens is 1. The molecule has 1 aromatic carbocycles. The summed E-state index contributed by atoms with van der Waals surface area (Å²) >= 11 is 5.84.